The standard InChI is InChI=1S/C12H28Si3/c1-11-9-15(10-12(11)2,13(3,4)5)14(6,7)8/h9-10H2,1-8H3. The Bertz CT molecular complexity index is 259. The monoisotopic (exact) mass is 256 g/mol. The minimum absolute atomic E-state index is 0.934. The van der Waals surface area contributed by atoms with E-state index in [-0.39, 0.29) is 0 Å². The Kier molecular flexibility index (Phi) is 3.32. The van der Waals surface area contributed by atoms with Crippen molar-refractivity contribution in [1.29, 1.82) is 0 Å². The lowest BCUT2D eigenvalue weighted by atomic mass is 10.2. The maximum atomic E-state index is 2.64. The number of allylic oxidation sites excluding steroid dienone is 2. The maximum Gasteiger partial charge on any atom is 0.0495 e. The van der Waals surface area contributed by atoms with Crippen molar-refractivity contribution in [3.05, 3.63) is 11.1 Å². The van der Waals surface area contributed by atoms with Crippen LogP contribution in [0.25, 0.3) is 0 Å². The number of hydrogen-bond donors (Lipinski definition) is 0. The predicted molar refractivity (Wildman–Crippen MR) is 80.4 cm³/mol. The van der Waals surface area contributed by atoms with Crippen LogP contribution in [0.2, 0.25) is 51.4 Å². The van der Waals surface area contributed by atoms with Crippen molar-refractivity contribution in [2.75, 3.05) is 0 Å². The Balaban J connectivity index is 3.16. The first-order valence-corrected chi connectivity index (χ1v) is 17.6. The molecular formula is C12H28Si3. The van der Waals surface area contributed by atoms with Gasteiger partial charge in [0.2, 0.25) is 0 Å². The molecule has 0 atom stereocenters. The van der Waals surface area contributed by atoms with Crippen LogP contribution < -0.4 is 0 Å². The summed E-state index contributed by atoms with van der Waals surface area (Å²) >= 11 is 0. The molecule has 0 radical (unpaired) electrons. The molecule has 1 rings (SSSR count). The third-order valence-electron chi connectivity index (χ3n) is 4.73. The molecule has 88 valence electrons. The molecule has 0 aromatic rings. The first-order valence-electron chi connectivity index (χ1n) is 6.16. The quantitative estimate of drug-likeness (QED) is 0.500. The zero-order valence-corrected chi connectivity index (χ0v) is 14.9. The molecule has 0 fully saturated rings. The molecule has 1 aliphatic heterocycles. The van der Waals surface area contributed by atoms with Gasteiger partial charge in [0.05, 0.1) is 0 Å². The van der Waals surface area contributed by atoms with Crippen LogP contribution >= 0.6 is 0 Å². The molecular weight excluding hydrogens is 228 g/mol. The van der Waals surface area contributed by atoms with E-state index in [1.54, 1.807) is 23.2 Å². The van der Waals surface area contributed by atoms with E-state index in [4.69, 9.17) is 0 Å². The summed E-state index contributed by atoms with van der Waals surface area (Å²) in [7, 11) is -2.83. The van der Waals surface area contributed by atoms with Crippen molar-refractivity contribution < 1.29 is 0 Å². The molecule has 0 amide bonds. The van der Waals surface area contributed by atoms with Crippen LogP contribution in [0.4, 0.5) is 0 Å². The highest BCUT2D eigenvalue weighted by molar-refractivity contribution is 7.69. The van der Waals surface area contributed by atoms with Gasteiger partial charge in [0, 0.05) is 22.3 Å². The fourth-order valence-electron chi connectivity index (χ4n) is 3.46. The van der Waals surface area contributed by atoms with Crippen LogP contribution in [0, 0.1) is 0 Å². The van der Waals surface area contributed by atoms with Crippen LogP contribution in [0.15, 0.2) is 11.1 Å². The third-order valence-corrected chi connectivity index (χ3v) is 45.6. The molecule has 0 unspecified atom stereocenters. The molecule has 1 aliphatic rings. The third kappa shape index (κ3) is 2.11. The summed E-state index contributed by atoms with van der Waals surface area (Å²) in [6.45, 7) is 20.6. The lowest BCUT2D eigenvalue weighted by Crippen LogP contribution is -2.70. The second-order valence-corrected chi connectivity index (χ2v) is 35.6. The van der Waals surface area contributed by atoms with E-state index in [9.17, 15) is 0 Å². The van der Waals surface area contributed by atoms with Crippen LogP contribution in [0.3, 0.4) is 0 Å². The molecule has 0 aliphatic carbocycles. The van der Waals surface area contributed by atoms with E-state index in [1.807, 2.05) is 0 Å². The second kappa shape index (κ2) is 3.70. The van der Waals surface area contributed by atoms with Crippen LogP contribution in [0.1, 0.15) is 13.8 Å². The van der Waals surface area contributed by atoms with Gasteiger partial charge in [-0.05, 0) is 25.9 Å². The molecule has 15 heavy (non-hydrogen) atoms. The largest absolute Gasteiger partial charge is 0.0777 e. The van der Waals surface area contributed by atoms with Crippen molar-refractivity contribution in [2.24, 2.45) is 0 Å². The van der Waals surface area contributed by atoms with Gasteiger partial charge in [0.15, 0.2) is 0 Å². The lowest BCUT2D eigenvalue weighted by Gasteiger charge is -2.48. The molecule has 1 heterocycles. The Morgan fingerprint density at radius 3 is 1.13 bits per heavy atom. The Morgan fingerprint density at radius 1 is 0.733 bits per heavy atom. The first-order chi connectivity index (χ1) is 6.51. The Morgan fingerprint density at radius 2 is 1.00 bits per heavy atom. The van der Waals surface area contributed by atoms with E-state index in [0.717, 1.165) is 0 Å². The van der Waals surface area contributed by atoms with E-state index in [0.29, 0.717) is 0 Å². The van der Waals surface area contributed by atoms with Crippen molar-refractivity contribution in [2.45, 2.75) is 65.2 Å². The minimum Gasteiger partial charge on any atom is -0.0777 e. The van der Waals surface area contributed by atoms with Gasteiger partial charge in [0.25, 0.3) is 0 Å². The highest BCUT2D eigenvalue weighted by atomic mass is 29.6. The van der Waals surface area contributed by atoms with Gasteiger partial charge >= 0.3 is 0 Å². The minimum atomic E-state index is -0.958. The summed E-state index contributed by atoms with van der Waals surface area (Å²) in [5.41, 5.74) is 3.51. The Hall–Kier alpha value is 0.391. The van der Waals surface area contributed by atoms with E-state index in [1.165, 1.54) is 0 Å². The van der Waals surface area contributed by atoms with Gasteiger partial charge in [-0.15, -0.1) is 0 Å². The van der Waals surface area contributed by atoms with Crippen molar-refractivity contribution in [3.63, 3.8) is 0 Å². The molecule has 3 heteroatoms. The molecule has 0 nitrogen and oxygen atoms in total. The SMILES string of the molecule is CC1=C(C)C[Si]([Si](C)(C)C)([Si](C)(C)C)C1. The average molecular weight is 257 g/mol. The highest BCUT2D eigenvalue weighted by Crippen LogP contribution is 2.45. The first kappa shape index (κ1) is 13.5. The summed E-state index contributed by atoms with van der Waals surface area (Å²) in [4.78, 5) is 0. The summed E-state index contributed by atoms with van der Waals surface area (Å²) in [5, 5.41) is 0. The zero-order valence-electron chi connectivity index (χ0n) is 11.9. The van der Waals surface area contributed by atoms with E-state index in [2.05, 4.69) is 53.1 Å². The lowest BCUT2D eigenvalue weighted by molar-refractivity contribution is 1.28. The molecule has 0 N–H and O–H groups in total. The normalized spacial score (nSPS) is 22.4. The topological polar surface area (TPSA) is 0 Å². The van der Waals surface area contributed by atoms with Crippen LogP contribution in [-0.2, 0) is 0 Å². The summed E-state index contributed by atoms with van der Waals surface area (Å²) in [6.07, 6.45) is 0. The van der Waals surface area contributed by atoms with Gasteiger partial charge in [-0.25, -0.2) is 0 Å². The van der Waals surface area contributed by atoms with Crippen molar-refractivity contribution in [3.8, 4) is 0 Å². The number of rotatable bonds is 2. The van der Waals surface area contributed by atoms with Gasteiger partial charge < -0.3 is 0 Å². The molecule has 0 bridgehead atoms. The van der Waals surface area contributed by atoms with Crippen molar-refractivity contribution in [1.82, 2.24) is 0 Å². The van der Waals surface area contributed by atoms with Gasteiger partial charge in [-0.2, -0.15) is 0 Å². The summed E-state index contributed by atoms with van der Waals surface area (Å²) < 4.78 is 0. The summed E-state index contributed by atoms with van der Waals surface area (Å²) in [6, 6.07) is 3.09. The van der Waals surface area contributed by atoms with Crippen molar-refractivity contribution >= 4 is 22.3 Å². The van der Waals surface area contributed by atoms with Crippen LogP contribution in [-0.4, -0.2) is 22.3 Å². The maximum absolute atomic E-state index is 2.64. The number of hydrogen-bond acceptors (Lipinski definition) is 0. The molecule has 0 saturated carbocycles. The van der Waals surface area contributed by atoms with Gasteiger partial charge in [-0.1, -0.05) is 50.4 Å². The van der Waals surface area contributed by atoms with Crippen LogP contribution in [0.5, 0.6) is 0 Å². The average Bonchev–Trinajstić information content (AvgIpc) is 2.26. The Labute approximate surface area is 98.8 Å². The predicted octanol–water partition coefficient (Wildman–Crippen LogP) is 4.62. The van der Waals surface area contributed by atoms with Gasteiger partial charge in [0.1, 0.15) is 0 Å². The molecule has 0 aromatic carbocycles. The van der Waals surface area contributed by atoms with E-state index >= 15 is 0 Å². The smallest absolute Gasteiger partial charge is 0.0495 e. The fraction of sp³-hybridized carbons (Fsp3) is 0.833. The fourth-order valence-corrected chi connectivity index (χ4v) is 46.9. The second-order valence-electron chi connectivity index (χ2n) is 7.50. The van der Waals surface area contributed by atoms with Gasteiger partial charge in [-0.3, -0.25) is 0 Å². The summed E-state index contributed by atoms with van der Waals surface area (Å²) in [5.74, 6) is 0. The highest BCUT2D eigenvalue weighted by Gasteiger charge is 2.56. The molecule has 0 aromatic heterocycles. The zero-order chi connectivity index (χ0) is 12.1. The molecule has 0 saturated heterocycles. The van der Waals surface area contributed by atoms with E-state index < -0.39 is 22.3 Å². The molecule has 0 spiro atoms.